The lowest BCUT2D eigenvalue weighted by Gasteiger charge is -2.15. The van der Waals surface area contributed by atoms with Crippen LogP contribution in [0.25, 0.3) is 0 Å². The van der Waals surface area contributed by atoms with E-state index in [9.17, 15) is 9.59 Å². The van der Waals surface area contributed by atoms with Gasteiger partial charge in [-0.05, 0) is 35.7 Å². The quantitative estimate of drug-likeness (QED) is 0.702. The summed E-state index contributed by atoms with van der Waals surface area (Å²) >= 11 is 6.27. The van der Waals surface area contributed by atoms with E-state index in [2.05, 4.69) is 5.32 Å². The smallest absolute Gasteiger partial charge is 0.307 e. The van der Waals surface area contributed by atoms with Crippen LogP contribution in [-0.4, -0.2) is 30.7 Å². The highest BCUT2D eigenvalue weighted by Gasteiger charge is 2.16. The molecule has 0 aliphatic rings. The van der Waals surface area contributed by atoms with Crippen LogP contribution < -0.4 is 14.8 Å². The van der Waals surface area contributed by atoms with Crippen LogP contribution in [0.15, 0.2) is 36.4 Å². The molecule has 0 radical (unpaired) electrons. The Morgan fingerprint density at radius 2 is 1.85 bits per heavy atom. The Morgan fingerprint density at radius 3 is 2.41 bits per heavy atom. The number of hydrogen-bond acceptors (Lipinski definition) is 4. The van der Waals surface area contributed by atoms with Crippen molar-refractivity contribution in [1.82, 2.24) is 0 Å². The molecule has 2 N–H and O–H groups in total. The Morgan fingerprint density at radius 1 is 1.19 bits per heavy atom. The lowest BCUT2D eigenvalue weighted by atomic mass is 10.1. The first-order chi connectivity index (χ1) is 12.8. The molecule has 0 spiro atoms. The molecule has 0 bridgehead atoms. The third-order valence-electron chi connectivity index (χ3n) is 3.62. The van der Waals surface area contributed by atoms with Crippen LogP contribution in [-0.2, 0) is 11.2 Å². The van der Waals surface area contributed by atoms with Gasteiger partial charge in [-0.1, -0.05) is 37.6 Å². The number of carboxylic acids is 1. The molecule has 0 fully saturated rings. The summed E-state index contributed by atoms with van der Waals surface area (Å²) in [5.74, 6) is -0.171. The molecule has 27 heavy (non-hydrogen) atoms. The van der Waals surface area contributed by atoms with E-state index < -0.39 is 5.97 Å². The second kappa shape index (κ2) is 9.28. The number of ether oxygens (including phenoxy) is 2. The van der Waals surface area contributed by atoms with E-state index in [1.165, 1.54) is 13.2 Å². The van der Waals surface area contributed by atoms with Crippen molar-refractivity contribution in [3.63, 3.8) is 0 Å². The number of nitrogens with one attached hydrogen (secondary N) is 1. The number of hydrogen-bond donors (Lipinski definition) is 2. The lowest BCUT2D eigenvalue weighted by molar-refractivity contribution is -0.136. The van der Waals surface area contributed by atoms with Crippen LogP contribution in [0.5, 0.6) is 11.5 Å². The number of amides is 1. The predicted octanol–water partition coefficient (Wildman–Crippen LogP) is 4.26. The van der Waals surface area contributed by atoms with E-state index in [4.69, 9.17) is 26.2 Å². The standard InChI is InChI=1S/C20H22ClNO5/c1-12(2)11-27-19-16(21)9-14(10-17(19)26-3)20(25)22-15-6-4-13(5-7-15)8-18(23)24/h4-7,9-10,12H,8,11H2,1-3H3,(H,22,25)(H,23,24). The minimum absolute atomic E-state index is 0.0706. The van der Waals surface area contributed by atoms with Crippen LogP contribution in [0.3, 0.4) is 0 Å². The highest BCUT2D eigenvalue weighted by molar-refractivity contribution is 6.32. The number of halogens is 1. The largest absolute Gasteiger partial charge is 0.493 e. The maximum atomic E-state index is 12.5. The minimum atomic E-state index is -0.909. The Balaban J connectivity index is 2.16. The van der Waals surface area contributed by atoms with Gasteiger partial charge in [0, 0.05) is 11.3 Å². The van der Waals surface area contributed by atoms with Gasteiger partial charge < -0.3 is 19.9 Å². The van der Waals surface area contributed by atoms with Crippen LogP contribution in [0.2, 0.25) is 5.02 Å². The molecule has 6 nitrogen and oxygen atoms in total. The van der Waals surface area contributed by atoms with Crippen molar-refractivity contribution in [3.05, 3.63) is 52.5 Å². The molecule has 0 unspecified atom stereocenters. The molecule has 0 aliphatic heterocycles. The zero-order chi connectivity index (χ0) is 20.0. The van der Waals surface area contributed by atoms with Crippen LogP contribution in [0.1, 0.15) is 29.8 Å². The molecule has 1 amide bonds. The molecule has 0 saturated carbocycles. The van der Waals surface area contributed by atoms with Crippen LogP contribution >= 0.6 is 11.6 Å². The monoisotopic (exact) mass is 391 g/mol. The Kier molecular flexibility index (Phi) is 7.07. The second-order valence-electron chi connectivity index (χ2n) is 6.42. The molecule has 2 aromatic carbocycles. The van der Waals surface area contributed by atoms with E-state index in [-0.39, 0.29) is 17.4 Å². The molecular formula is C20H22ClNO5. The number of benzene rings is 2. The fourth-order valence-corrected chi connectivity index (χ4v) is 2.59. The summed E-state index contributed by atoms with van der Waals surface area (Å²) in [7, 11) is 1.48. The molecule has 7 heteroatoms. The lowest BCUT2D eigenvalue weighted by Crippen LogP contribution is -2.13. The maximum absolute atomic E-state index is 12.5. The summed E-state index contributed by atoms with van der Waals surface area (Å²) in [5, 5.41) is 11.8. The topological polar surface area (TPSA) is 84.9 Å². The zero-order valence-corrected chi connectivity index (χ0v) is 16.2. The van der Waals surface area contributed by atoms with Crippen molar-refractivity contribution in [1.29, 1.82) is 0 Å². The fourth-order valence-electron chi connectivity index (χ4n) is 2.32. The first-order valence-electron chi connectivity index (χ1n) is 8.42. The van der Waals surface area contributed by atoms with Gasteiger partial charge in [-0.2, -0.15) is 0 Å². The summed E-state index contributed by atoms with van der Waals surface area (Å²) in [6.45, 7) is 4.51. The average molecular weight is 392 g/mol. The van der Waals surface area contributed by atoms with Crippen molar-refractivity contribution in [2.75, 3.05) is 19.0 Å². The average Bonchev–Trinajstić information content (AvgIpc) is 2.61. The molecule has 144 valence electrons. The van der Waals surface area contributed by atoms with Crippen LogP contribution in [0.4, 0.5) is 5.69 Å². The molecule has 0 aliphatic carbocycles. The summed E-state index contributed by atoms with van der Waals surface area (Å²) < 4.78 is 11.0. The van der Waals surface area contributed by atoms with Crippen molar-refractivity contribution < 1.29 is 24.2 Å². The number of rotatable bonds is 8. The number of carbonyl (C=O) groups is 2. The molecule has 0 heterocycles. The van der Waals surface area contributed by atoms with Gasteiger partial charge in [0.1, 0.15) is 0 Å². The van der Waals surface area contributed by atoms with Gasteiger partial charge in [0.15, 0.2) is 11.5 Å². The van der Waals surface area contributed by atoms with Gasteiger partial charge >= 0.3 is 5.97 Å². The number of carbonyl (C=O) groups excluding carboxylic acids is 1. The summed E-state index contributed by atoms with van der Waals surface area (Å²) in [5.41, 5.74) is 1.52. The maximum Gasteiger partial charge on any atom is 0.307 e. The Hall–Kier alpha value is -2.73. The Bertz CT molecular complexity index is 818. The van der Waals surface area contributed by atoms with Gasteiger partial charge in [-0.3, -0.25) is 9.59 Å². The fraction of sp³-hybridized carbons (Fsp3) is 0.300. The number of methoxy groups -OCH3 is 1. The molecule has 0 aromatic heterocycles. The number of aliphatic carboxylic acids is 1. The number of carboxylic acid groups (broad SMARTS) is 1. The summed E-state index contributed by atoms with van der Waals surface area (Å²) in [4.78, 5) is 23.2. The molecule has 0 saturated heterocycles. The predicted molar refractivity (Wildman–Crippen MR) is 104 cm³/mol. The summed E-state index contributed by atoms with van der Waals surface area (Å²) in [6, 6.07) is 9.69. The number of anilines is 1. The Labute approximate surface area is 163 Å². The van der Waals surface area contributed by atoms with Gasteiger partial charge in [-0.25, -0.2) is 0 Å². The first-order valence-corrected chi connectivity index (χ1v) is 8.80. The van der Waals surface area contributed by atoms with Crippen LogP contribution in [0, 0.1) is 5.92 Å². The highest BCUT2D eigenvalue weighted by Crippen LogP contribution is 2.37. The third kappa shape index (κ3) is 5.89. The van der Waals surface area contributed by atoms with E-state index in [1.807, 2.05) is 13.8 Å². The van der Waals surface area contributed by atoms with E-state index in [1.54, 1.807) is 30.3 Å². The van der Waals surface area contributed by atoms with Crippen molar-refractivity contribution in [2.45, 2.75) is 20.3 Å². The first kappa shape index (κ1) is 20.6. The van der Waals surface area contributed by atoms with Gasteiger partial charge in [0.05, 0.1) is 25.2 Å². The van der Waals surface area contributed by atoms with E-state index >= 15 is 0 Å². The third-order valence-corrected chi connectivity index (χ3v) is 3.90. The van der Waals surface area contributed by atoms with Gasteiger partial charge in [0.2, 0.25) is 0 Å². The molecule has 2 rings (SSSR count). The molecular weight excluding hydrogens is 370 g/mol. The van der Waals surface area contributed by atoms with Gasteiger partial charge in [0.25, 0.3) is 5.91 Å². The minimum Gasteiger partial charge on any atom is -0.493 e. The highest BCUT2D eigenvalue weighted by atomic mass is 35.5. The van der Waals surface area contributed by atoms with Crippen molar-refractivity contribution in [2.24, 2.45) is 5.92 Å². The molecule has 0 atom stereocenters. The van der Waals surface area contributed by atoms with Gasteiger partial charge in [-0.15, -0.1) is 0 Å². The van der Waals surface area contributed by atoms with E-state index in [0.717, 1.165) is 0 Å². The zero-order valence-electron chi connectivity index (χ0n) is 15.4. The van der Waals surface area contributed by atoms with Crippen molar-refractivity contribution >= 4 is 29.2 Å². The van der Waals surface area contributed by atoms with E-state index in [0.29, 0.717) is 40.8 Å². The second-order valence-corrected chi connectivity index (χ2v) is 6.82. The van der Waals surface area contributed by atoms with Crippen molar-refractivity contribution in [3.8, 4) is 11.5 Å². The normalized spacial score (nSPS) is 10.6. The SMILES string of the molecule is COc1cc(C(=O)Nc2ccc(CC(=O)O)cc2)cc(Cl)c1OCC(C)C. The summed E-state index contributed by atoms with van der Waals surface area (Å²) in [6.07, 6.45) is -0.0706. The molecule has 2 aromatic rings.